The number of rotatable bonds is 5. The lowest BCUT2D eigenvalue weighted by Gasteiger charge is -2.33. The molecule has 1 aliphatic rings. The first-order valence-electron chi connectivity index (χ1n) is 8.82. The second-order valence-electron chi connectivity index (χ2n) is 6.77. The SMILES string of the molecule is Cc1nn(C)cc1CCC(=O)N1CCOC(c2nccnc2N(C)C)C1. The molecule has 2 aromatic rings. The Morgan fingerprint density at radius 3 is 2.81 bits per heavy atom. The zero-order valence-electron chi connectivity index (χ0n) is 15.8. The second kappa shape index (κ2) is 7.82. The number of aromatic nitrogens is 4. The minimum absolute atomic E-state index is 0.136. The second-order valence-corrected chi connectivity index (χ2v) is 6.77. The van der Waals surface area contributed by atoms with Gasteiger partial charge in [0.15, 0.2) is 5.82 Å². The first-order chi connectivity index (χ1) is 12.5. The fraction of sp³-hybridized carbons (Fsp3) is 0.556. The summed E-state index contributed by atoms with van der Waals surface area (Å²) in [5.41, 5.74) is 2.88. The average molecular weight is 358 g/mol. The maximum atomic E-state index is 12.7. The molecule has 0 radical (unpaired) electrons. The van der Waals surface area contributed by atoms with Gasteiger partial charge in [-0.05, 0) is 18.9 Å². The number of hydrogen-bond donors (Lipinski definition) is 0. The van der Waals surface area contributed by atoms with Crippen molar-refractivity contribution in [2.24, 2.45) is 7.05 Å². The van der Waals surface area contributed by atoms with Crippen LogP contribution in [0.5, 0.6) is 0 Å². The summed E-state index contributed by atoms with van der Waals surface area (Å²) in [6.07, 6.45) is 6.24. The highest BCUT2D eigenvalue weighted by Crippen LogP contribution is 2.27. The fourth-order valence-corrected chi connectivity index (χ4v) is 3.25. The molecule has 140 valence electrons. The van der Waals surface area contributed by atoms with E-state index in [1.807, 2.05) is 44.1 Å². The summed E-state index contributed by atoms with van der Waals surface area (Å²) >= 11 is 0. The smallest absolute Gasteiger partial charge is 0.223 e. The van der Waals surface area contributed by atoms with Gasteiger partial charge in [-0.15, -0.1) is 0 Å². The third kappa shape index (κ3) is 4.01. The van der Waals surface area contributed by atoms with Crippen molar-refractivity contribution in [3.63, 3.8) is 0 Å². The first kappa shape index (κ1) is 18.3. The summed E-state index contributed by atoms with van der Waals surface area (Å²) in [6, 6.07) is 0. The van der Waals surface area contributed by atoms with Gasteiger partial charge in [0.2, 0.25) is 5.91 Å². The van der Waals surface area contributed by atoms with Crippen LogP contribution in [0.3, 0.4) is 0 Å². The number of nitrogens with zero attached hydrogens (tertiary/aromatic N) is 6. The number of hydrogen-bond acceptors (Lipinski definition) is 6. The molecule has 1 unspecified atom stereocenters. The number of ether oxygens (including phenoxy) is 1. The van der Waals surface area contributed by atoms with E-state index in [1.165, 1.54) is 0 Å². The number of carbonyl (C=O) groups excluding carboxylic acids is 1. The van der Waals surface area contributed by atoms with Crippen LogP contribution >= 0.6 is 0 Å². The van der Waals surface area contributed by atoms with Crippen LogP contribution in [0.4, 0.5) is 5.82 Å². The molecule has 1 saturated heterocycles. The lowest BCUT2D eigenvalue weighted by Crippen LogP contribution is -2.42. The maximum absolute atomic E-state index is 12.7. The lowest BCUT2D eigenvalue weighted by atomic mass is 10.1. The van der Waals surface area contributed by atoms with Crippen molar-refractivity contribution in [3.05, 3.63) is 35.5 Å². The summed E-state index contributed by atoms with van der Waals surface area (Å²) in [4.78, 5) is 25.3. The van der Waals surface area contributed by atoms with Crippen LogP contribution in [0, 0.1) is 6.92 Å². The van der Waals surface area contributed by atoms with E-state index >= 15 is 0 Å². The van der Waals surface area contributed by atoms with E-state index in [1.54, 1.807) is 17.1 Å². The lowest BCUT2D eigenvalue weighted by molar-refractivity contribution is -0.139. The zero-order valence-corrected chi connectivity index (χ0v) is 15.8. The fourth-order valence-electron chi connectivity index (χ4n) is 3.25. The Labute approximate surface area is 153 Å². The molecule has 26 heavy (non-hydrogen) atoms. The van der Waals surface area contributed by atoms with Gasteiger partial charge >= 0.3 is 0 Å². The highest BCUT2D eigenvalue weighted by molar-refractivity contribution is 5.76. The molecule has 1 fully saturated rings. The molecule has 0 aliphatic carbocycles. The molecule has 8 heteroatoms. The topological polar surface area (TPSA) is 76.4 Å². The van der Waals surface area contributed by atoms with E-state index in [-0.39, 0.29) is 12.0 Å². The van der Waals surface area contributed by atoms with Gasteiger partial charge in [0.25, 0.3) is 0 Å². The number of aryl methyl sites for hydroxylation is 3. The molecule has 0 saturated carbocycles. The number of amides is 1. The highest BCUT2D eigenvalue weighted by Gasteiger charge is 2.28. The van der Waals surface area contributed by atoms with Gasteiger partial charge in [-0.2, -0.15) is 5.10 Å². The molecule has 1 amide bonds. The van der Waals surface area contributed by atoms with Crippen LogP contribution in [0.2, 0.25) is 0 Å². The van der Waals surface area contributed by atoms with Crippen LogP contribution in [0.25, 0.3) is 0 Å². The predicted molar refractivity (Wildman–Crippen MR) is 97.9 cm³/mol. The van der Waals surface area contributed by atoms with Crippen molar-refractivity contribution in [3.8, 4) is 0 Å². The molecule has 3 rings (SSSR count). The summed E-state index contributed by atoms with van der Waals surface area (Å²) in [5, 5.41) is 4.33. The first-order valence-corrected chi connectivity index (χ1v) is 8.82. The van der Waals surface area contributed by atoms with Gasteiger partial charge in [-0.25, -0.2) is 4.98 Å². The number of carbonyl (C=O) groups is 1. The Bertz CT molecular complexity index is 773. The van der Waals surface area contributed by atoms with Crippen LogP contribution in [-0.4, -0.2) is 64.3 Å². The predicted octanol–water partition coefficient (Wildman–Crippen LogP) is 1.12. The summed E-state index contributed by atoms with van der Waals surface area (Å²) in [7, 11) is 5.75. The van der Waals surface area contributed by atoms with Gasteiger partial charge in [0, 0.05) is 52.7 Å². The van der Waals surface area contributed by atoms with E-state index in [2.05, 4.69) is 15.1 Å². The van der Waals surface area contributed by atoms with Crippen LogP contribution in [0.1, 0.15) is 29.5 Å². The summed E-state index contributed by atoms with van der Waals surface area (Å²) < 4.78 is 7.67. The molecule has 0 aromatic carbocycles. The van der Waals surface area contributed by atoms with Crippen LogP contribution in [0.15, 0.2) is 18.6 Å². The third-order valence-electron chi connectivity index (χ3n) is 4.58. The Balaban J connectivity index is 1.65. The standard InChI is InChI=1S/C18H26N6O2/c1-13-14(11-23(4)21-13)5-6-16(25)24-9-10-26-15(12-24)17-18(22(2)3)20-8-7-19-17/h7-8,11,15H,5-6,9-10,12H2,1-4H3. The van der Waals surface area contributed by atoms with Gasteiger partial charge in [0.05, 0.1) is 18.8 Å². The van der Waals surface area contributed by atoms with Gasteiger partial charge in [-0.1, -0.05) is 0 Å². The molecule has 3 heterocycles. The van der Waals surface area contributed by atoms with Gasteiger partial charge in [0.1, 0.15) is 11.8 Å². The molecule has 2 aromatic heterocycles. The summed E-state index contributed by atoms with van der Waals surface area (Å²) in [5.74, 6) is 0.912. The van der Waals surface area contributed by atoms with Crippen molar-refractivity contribution in [2.75, 3.05) is 38.7 Å². The number of morpholine rings is 1. The monoisotopic (exact) mass is 358 g/mol. The zero-order chi connectivity index (χ0) is 18.7. The van der Waals surface area contributed by atoms with Gasteiger partial charge < -0.3 is 14.5 Å². The summed E-state index contributed by atoms with van der Waals surface area (Å²) in [6.45, 7) is 3.59. The average Bonchev–Trinajstić information content (AvgIpc) is 2.97. The van der Waals surface area contributed by atoms with Crippen molar-refractivity contribution >= 4 is 11.7 Å². The largest absolute Gasteiger partial charge is 0.368 e. The Morgan fingerprint density at radius 2 is 2.12 bits per heavy atom. The van der Waals surface area contributed by atoms with E-state index in [0.29, 0.717) is 32.5 Å². The molecule has 8 nitrogen and oxygen atoms in total. The van der Waals surface area contributed by atoms with Crippen molar-refractivity contribution in [1.29, 1.82) is 0 Å². The Kier molecular flexibility index (Phi) is 5.51. The van der Waals surface area contributed by atoms with E-state index < -0.39 is 0 Å². The van der Waals surface area contributed by atoms with Crippen molar-refractivity contribution in [1.82, 2.24) is 24.6 Å². The molecule has 1 aliphatic heterocycles. The molecular weight excluding hydrogens is 332 g/mol. The van der Waals surface area contributed by atoms with E-state index in [4.69, 9.17) is 4.74 Å². The minimum atomic E-state index is -0.251. The van der Waals surface area contributed by atoms with Crippen LogP contribution < -0.4 is 4.90 Å². The van der Waals surface area contributed by atoms with Crippen LogP contribution in [-0.2, 0) is 23.0 Å². The maximum Gasteiger partial charge on any atom is 0.223 e. The molecule has 0 spiro atoms. The van der Waals surface area contributed by atoms with Crippen molar-refractivity contribution in [2.45, 2.75) is 25.9 Å². The molecular formula is C18H26N6O2. The van der Waals surface area contributed by atoms with Crippen molar-refractivity contribution < 1.29 is 9.53 Å². The quantitative estimate of drug-likeness (QED) is 0.797. The molecule has 1 atom stereocenters. The van der Waals surface area contributed by atoms with E-state index in [0.717, 1.165) is 22.8 Å². The molecule has 0 N–H and O–H groups in total. The molecule has 0 bridgehead atoms. The Morgan fingerprint density at radius 1 is 1.35 bits per heavy atom. The third-order valence-corrected chi connectivity index (χ3v) is 4.58. The van der Waals surface area contributed by atoms with Gasteiger partial charge in [-0.3, -0.25) is 14.5 Å². The Hall–Kier alpha value is -2.48. The highest BCUT2D eigenvalue weighted by atomic mass is 16.5. The normalized spacial score (nSPS) is 17.4. The number of anilines is 1. The minimum Gasteiger partial charge on any atom is -0.368 e. The van der Waals surface area contributed by atoms with E-state index in [9.17, 15) is 4.79 Å².